The Labute approximate surface area is 200 Å². The van der Waals surface area contributed by atoms with Gasteiger partial charge in [-0.3, -0.25) is 20.2 Å². The monoisotopic (exact) mass is 484 g/mol. The van der Waals surface area contributed by atoms with Gasteiger partial charge in [0.1, 0.15) is 0 Å². The third kappa shape index (κ3) is 8.70. The Hall–Kier alpha value is -2.26. The first-order chi connectivity index (χ1) is 14.5. The van der Waals surface area contributed by atoms with Gasteiger partial charge in [-0.25, -0.2) is 0 Å². The van der Waals surface area contributed by atoms with Crippen LogP contribution in [0.4, 0.5) is 11.4 Å². The number of nitro groups is 2. The van der Waals surface area contributed by atoms with Crippen LogP contribution in [0.3, 0.4) is 0 Å². The first kappa shape index (κ1) is 27.8. The van der Waals surface area contributed by atoms with E-state index >= 15 is 0 Å². The number of non-ortho nitro benzene ring substituents is 2. The van der Waals surface area contributed by atoms with E-state index in [1.165, 1.54) is 31.4 Å². The smallest absolute Gasteiger partial charge is 0.269 e. The van der Waals surface area contributed by atoms with E-state index in [1.807, 2.05) is 12.1 Å². The predicted molar refractivity (Wildman–Crippen MR) is 130 cm³/mol. The quantitative estimate of drug-likeness (QED) is 0.361. The number of nitro benzene ring substituents is 2. The van der Waals surface area contributed by atoms with Crippen LogP contribution in [0.15, 0.2) is 48.5 Å². The molecule has 0 radical (unpaired) electrons. The Morgan fingerprint density at radius 1 is 0.781 bits per heavy atom. The number of nitrogens with zero attached hydrogens (tertiary/aromatic N) is 2. The number of halogens is 2. The summed E-state index contributed by atoms with van der Waals surface area (Å²) in [5.74, 6) is 1.20. The first-order valence-electron chi connectivity index (χ1n) is 10.4. The number of hydrogen-bond donors (Lipinski definition) is 2. The van der Waals surface area contributed by atoms with Gasteiger partial charge in [-0.15, -0.1) is 24.8 Å². The summed E-state index contributed by atoms with van der Waals surface area (Å²) >= 11 is 0. The molecule has 0 amide bonds. The van der Waals surface area contributed by atoms with Crippen LogP contribution in [0, 0.1) is 32.1 Å². The first-order valence-corrected chi connectivity index (χ1v) is 10.4. The molecule has 0 heterocycles. The van der Waals surface area contributed by atoms with Crippen molar-refractivity contribution < 1.29 is 9.85 Å². The van der Waals surface area contributed by atoms with E-state index in [2.05, 4.69) is 10.6 Å². The van der Waals surface area contributed by atoms with Crippen molar-refractivity contribution in [3.63, 3.8) is 0 Å². The fourth-order valence-electron chi connectivity index (χ4n) is 4.17. The molecule has 1 aliphatic rings. The highest BCUT2D eigenvalue weighted by Crippen LogP contribution is 2.28. The van der Waals surface area contributed by atoms with Crippen LogP contribution in [0.25, 0.3) is 0 Å². The number of benzene rings is 2. The van der Waals surface area contributed by atoms with Gasteiger partial charge in [0.25, 0.3) is 11.4 Å². The maximum absolute atomic E-state index is 10.9. The maximum atomic E-state index is 10.9. The van der Waals surface area contributed by atoms with Crippen molar-refractivity contribution in [1.82, 2.24) is 10.6 Å². The van der Waals surface area contributed by atoms with Crippen LogP contribution < -0.4 is 10.6 Å². The molecular formula is C22H30Cl2N4O4. The van der Waals surface area contributed by atoms with Gasteiger partial charge < -0.3 is 10.6 Å². The highest BCUT2D eigenvalue weighted by atomic mass is 35.5. The standard InChI is InChI=1S/C22H28N4O4.2ClH/c27-25(28)21-8-2-6-19(11-21)15-23-13-17-4-1-5-18(10-17)14-24-16-20-7-3-9-22(12-20)26(29)30;;/h2-3,6-9,11-12,17-18,23-24H,1,4-5,10,13-16H2;2*1H. The van der Waals surface area contributed by atoms with E-state index in [-0.39, 0.29) is 46.0 Å². The molecule has 0 aromatic heterocycles. The Balaban J connectivity index is 0.00000256. The zero-order valence-corrected chi connectivity index (χ0v) is 19.4. The molecule has 2 aromatic carbocycles. The molecule has 176 valence electrons. The van der Waals surface area contributed by atoms with Crippen molar-refractivity contribution in [3.05, 3.63) is 79.9 Å². The van der Waals surface area contributed by atoms with Crippen molar-refractivity contribution >= 4 is 36.2 Å². The number of rotatable bonds is 10. The molecule has 3 rings (SSSR count). The molecule has 8 nitrogen and oxygen atoms in total. The predicted octanol–water partition coefficient (Wildman–Crippen LogP) is 5.03. The summed E-state index contributed by atoms with van der Waals surface area (Å²) in [4.78, 5) is 21.0. The summed E-state index contributed by atoms with van der Waals surface area (Å²) < 4.78 is 0. The van der Waals surface area contributed by atoms with E-state index in [0.717, 1.165) is 30.6 Å². The largest absolute Gasteiger partial charge is 0.312 e. The number of hydrogen-bond acceptors (Lipinski definition) is 6. The van der Waals surface area contributed by atoms with Crippen LogP contribution in [0.1, 0.15) is 36.8 Å². The lowest BCUT2D eigenvalue weighted by Crippen LogP contribution is -2.31. The van der Waals surface area contributed by atoms with Crippen molar-refractivity contribution in [2.45, 2.75) is 38.8 Å². The SMILES string of the molecule is Cl.Cl.O=[N+]([O-])c1cccc(CNCC2CCCC(CNCc3cccc([N+](=O)[O-])c3)C2)c1. The molecule has 2 N–H and O–H groups in total. The second-order valence-electron chi connectivity index (χ2n) is 8.01. The summed E-state index contributed by atoms with van der Waals surface area (Å²) in [5.41, 5.74) is 2.11. The van der Waals surface area contributed by atoms with Gasteiger partial charge in [0, 0.05) is 37.4 Å². The van der Waals surface area contributed by atoms with E-state index < -0.39 is 0 Å². The van der Waals surface area contributed by atoms with Gasteiger partial charge in [-0.1, -0.05) is 30.7 Å². The van der Waals surface area contributed by atoms with Gasteiger partial charge in [0.15, 0.2) is 0 Å². The molecule has 2 unspecified atom stereocenters. The molecule has 0 saturated heterocycles. The van der Waals surface area contributed by atoms with E-state index in [0.29, 0.717) is 24.9 Å². The zero-order valence-electron chi connectivity index (χ0n) is 17.8. The van der Waals surface area contributed by atoms with Crippen LogP contribution >= 0.6 is 24.8 Å². The van der Waals surface area contributed by atoms with Gasteiger partial charge in [0.05, 0.1) is 9.85 Å². The van der Waals surface area contributed by atoms with Gasteiger partial charge >= 0.3 is 0 Å². The molecule has 10 heteroatoms. The average molecular weight is 485 g/mol. The molecule has 0 spiro atoms. The molecule has 1 aliphatic carbocycles. The van der Waals surface area contributed by atoms with Crippen molar-refractivity contribution in [2.75, 3.05) is 13.1 Å². The highest BCUT2D eigenvalue weighted by molar-refractivity contribution is 5.85. The number of nitrogens with one attached hydrogen (secondary N) is 2. The molecule has 0 aliphatic heterocycles. The lowest BCUT2D eigenvalue weighted by Gasteiger charge is -2.29. The van der Waals surface area contributed by atoms with E-state index in [4.69, 9.17) is 0 Å². The minimum atomic E-state index is -0.365. The molecule has 1 saturated carbocycles. The topological polar surface area (TPSA) is 110 Å². The van der Waals surface area contributed by atoms with Gasteiger partial charge in [-0.2, -0.15) is 0 Å². The normalized spacial score (nSPS) is 17.6. The summed E-state index contributed by atoms with van der Waals surface area (Å²) in [6.07, 6.45) is 4.74. The summed E-state index contributed by atoms with van der Waals surface area (Å²) in [6.45, 7) is 3.08. The molecule has 0 bridgehead atoms. The van der Waals surface area contributed by atoms with Crippen LogP contribution in [-0.4, -0.2) is 22.9 Å². The third-order valence-corrected chi connectivity index (χ3v) is 5.66. The fourth-order valence-corrected chi connectivity index (χ4v) is 4.17. The second-order valence-corrected chi connectivity index (χ2v) is 8.01. The zero-order chi connectivity index (χ0) is 21.3. The molecule has 32 heavy (non-hydrogen) atoms. The van der Waals surface area contributed by atoms with E-state index in [9.17, 15) is 20.2 Å². The van der Waals surface area contributed by atoms with Crippen molar-refractivity contribution in [3.8, 4) is 0 Å². The lowest BCUT2D eigenvalue weighted by atomic mass is 9.81. The second kappa shape index (κ2) is 14.0. The van der Waals surface area contributed by atoms with Crippen molar-refractivity contribution in [2.24, 2.45) is 11.8 Å². The Morgan fingerprint density at radius 2 is 1.22 bits per heavy atom. The van der Waals surface area contributed by atoms with Crippen molar-refractivity contribution in [1.29, 1.82) is 0 Å². The lowest BCUT2D eigenvalue weighted by molar-refractivity contribution is -0.385. The summed E-state index contributed by atoms with van der Waals surface area (Å²) in [6, 6.07) is 13.5. The average Bonchev–Trinajstić information content (AvgIpc) is 2.74. The third-order valence-electron chi connectivity index (χ3n) is 5.66. The van der Waals surface area contributed by atoms with Gasteiger partial charge in [-0.05, 0) is 55.3 Å². The Morgan fingerprint density at radius 3 is 1.62 bits per heavy atom. The fraction of sp³-hybridized carbons (Fsp3) is 0.455. The minimum absolute atomic E-state index is 0. The molecule has 1 fully saturated rings. The van der Waals surface area contributed by atoms with Crippen LogP contribution in [0.2, 0.25) is 0 Å². The maximum Gasteiger partial charge on any atom is 0.269 e. The molecular weight excluding hydrogens is 455 g/mol. The molecule has 2 atom stereocenters. The Bertz CT molecular complexity index is 815. The highest BCUT2D eigenvalue weighted by Gasteiger charge is 2.21. The van der Waals surface area contributed by atoms with E-state index in [1.54, 1.807) is 24.3 Å². The summed E-state index contributed by atoms with van der Waals surface area (Å²) in [5, 5.41) is 28.7. The van der Waals surface area contributed by atoms with Crippen LogP contribution in [0.5, 0.6) is 0 Å². The van der Waals surface area contributed by atoms with Gasteiger partial charge in [0.2, 0.25) is 0 Å². The van der Waals surface area contributed by atoms with Crippen LogP contribution in [-0.2, 0) is 13.1 Å². The Kier molecular flexibility index (Phi) is 12.2. The molecule has 2 aromatic rings. The summed E-state index contributed by atoms with van der Waals surface area (Å²) in [7, 11) is 0. The minimum Gasteiger partial charge on any atom is -0.312 e.